The Morgan fingerprint density at radius 1 is 1.60 bits per heavy atom. The van der Waals surface area contributed by atoms with Crippen LogP contribution in [-0.2, 0) is 0 Å². The second-order valence-corrected chi connectivity index (χ2v) is 2.34. The number of rotatable bonds is 1. The van der Waals surface area contributed by atoms with E-state index in [4.69, 9.17) is 5.73 Å². The molecule has 1 unspecified atom stereocenters. The number of hydrogen-bond donors (Lipinski definition) is 1. The molecule has 0 aliphatic carbocycles. The summed E-state index contributed by atoms with van der Waals surface area (Å²) in [5.74, 6) is 0.708. The van der Waals surface area contributed by atoms with Crippen LogP contribution in [0, 0.1) is 6.92 Å². The Labute approximate surface area is 60.3 Å². The SMILES string of the molecule is Cc1ccnc(C(C)N)n1. The van der Waals surface area contributed by atoms with Gasteiger partial charge in [0.1, 0.15) is 5.82 Å². The van der Waals surface area contributed by atoms with Crippen LogP contribution in [0.4, 0.5) is 0 Å². The lowest BCUT2D eigenvalue weighted by Gasteiger charge is -2.02. The van der Waals surface area contributed by atoms with Crippen LogP contribution in [0.15, 0.2) is 12.3 Å². The fourth-order valence-corrected chi connectivity index (χ4v) is 0.688. The van der Waals surface area contributed by atoms with E-state index in [0.717, 1.165) is 5.69 Å². The van der Waals surface area contributed by atoms with Gasteiger partial charge in [0, 0.05) is 11.9 Å². The van der Waals surface area contributed by atoms with E-state index in [0.29, 0.717) is 5.82 Å². The third-order valence-corrected chi connectivity index (χ3v) is 1.22. The Morgan fingerprint density at radius 2 is 2.30 bits per heavy atom. The molecule has 0 saturated heterocycles. The first-order chi connectivity index (χ1) is 4.70. The largest absolute Gasteiger partial charge is 0.322 e. The molecule has 1 aromatic heterocycles. The number of nitrogens with two attached hydrogens (primary N) is 1. The minimum Gasteiger partial charge on any atom is -0.322 e. The summed E-state index contributed by atoms with van der Waals surface area (Å²) in [7, 11) is 0. The van der Waals surface area contributed by atoms with Crippen LogP contribution in [0.1, 0.15) is 24.5 Å². The number of aryl methyl sites for hydroxylation is 1. The third kappa shape index (κ3) is 1.51. The van der Waals surface area contributed by atoms with Crippen LogP contribution in [0.5, 0.6) is 0 Å². The standard InChI is InChI=1S/C7H11N3/c1-5-3-4-9-7(10-5)6(2)8/h3-4,6H,8H2,1-2H3. The first-order valence-electron chi connectivity index (χ1n) is 3.25. The van der Waals surface area contributed by atoms with Crippen LogP contribution in [0.25, 0.3) is 0 Å². The monoisotopic (exact) mass is 137 g/mol. The average Bonchev–Trinajstić information content (AvgIpc) is 1.88. The topological polar surface area (TPSA) is 51.8 Å². The van der Waals surface area contributed by atoms with Crippen molar-refractivity contribution in [2.24, 2.45) is 5.73 Å². The van der Waals surface area contributed by atoms with Crippen LogP contribution >= 0.6 is 0 Å². The molecule has 0 aliphatic heterocycles. The summed E-state index contributed by atoms with van der Waals surface area (Å²) in [6.07, 6.45) is 1.72. The molecule has 0 saturated carbocycles. The minimum absolute atomic E-state index is 0.0695. The second kappa shape index (κ2) is 2.75. The maximum absolute atomic E-state index is 5.56. The highest BCUT2D eigenvalue weighted by molar-refractivity contribution is 5.01. The smallest absolute Gasteiger partial charge is 0.144 e. The van der Waals surface area contributed by atoms with Gasteiger partial charge in [-0.1, -0.05) is 0 Å². The molecule has 0 aromatic carbocycles. The van der Waals surface area contributed by atoms with Crippen LogP contribution < -0.4 is 5.73 Å². The van der Waals surface area contributed by atoms with Crippen molar-refractivity contribution >= 4 is 0 Å². The van der Waals surface area contributed by atoms with Gasteiger partial charge in [-0.15, -0.1) is 0 Å². The van der Waals surface area contributed by atoms with Crippen molar-refractivity contribution in [1.29, 1.82) is 0 Å². The highest BCUT2D eigenvalue weighted by Gasteiger charge is 2.00. The molecule has 0 aliphatic rings. The summed E-state index contributed by atoms with van der Waals surface area (Å²) in [6.45, 7) is 3.79. The van der Waals surface area contributed by atoms with Gasteiger partial charge in [0.05, 0.1) is 6.04 Å². The molecule has 54 valence electrons. The van der Waals surface area contributed by atoms with Gasteiger partial charge in [-0.2, -0.15) is 0 Å². The van der Waals surface area contributed by atoms with E-state index in [2.05, 4.69) is 9.97 Å². The number of hydrogen-bond acceptors (Lipinski definition) is 3. The number of aromatic nitrogens is 2. The van der Waals surface area contributed by atoms with Gasteiger partial charge in [-0.3, -0.25) is 0 Å². The molecule has 1 aromatic rings. The van der Waals surface area contributed by atoms with Gasteiger partial charge in [0.25, 0.3) is 0 Å². The van der Waals surface area contributed by atoms with Gasteiger partial charge < -0.3 is 5.73 Å². The lowest BCUT2D eigenvalue weighted by molar-refractivity contribution is 0.733. The summed E-state index contributed by atoms with van der Waals surface area (Å²) in [4.78, 5) is 8.14. The summed E-state index contributed by atoms with van der Waals surface area (Å²) < 4.78 is 0. The first-order valence-corrected chi connectivity index (χ1v) is 3.25. The molecule has 0 radical (unpaired) electrons. The molecule has 1 rings (SSSR count). The van der Waals surface area contributed by atoms with Crippen molar-refractivity contribution < 1.29 is 0 Å². The van der Waals surface area contributed by atoms with Crippen molar-refractivity contribution in [3.05, 3.63) is 23.8 Å². The van der Waals surface area contributed by atoms with Crippen LogP contribution in [0.2, 0.25) is 0 Å². The zero-order valence-corrected chi connectivity index (χ0v) is 6.20. The molecule has 1 atom stereocenters. The molecule has 0 spiro atoms. The molecule has 0 bridgehead atoms. The fraction of sp³-hybridized carbons (Fsp3) is 0.429. The molecule has 10 heavy (non-hydrogen) atoms. The Bertz CT molecular complexity index is 220. The lowest BCUT2D eigenvalue weighted by Crippen LogP contribution is -2.09. The fourth-order valence-electron chi connectivity index (χ4n) is 0.688. The lowest BCUT2D eigenvalue weighted by atomic mass is 10.3. The average molecular weight is 137 g/mol. The van der Waals surface area contributed by atoms with E-state index >= 15 is 0 Å². The second-order valence-electron chi connectivity index (χ2n) is 2.34. The van der Waals surface area contributed by atoms with Gasteiger partial charge in [0.2, 0.25) is 0 Å². The molecular formula is C7H11N3. The van der Waals surface area contributed by atoms with Gasteiger partial charge in [-0.25, -0.2) is 9.97 Å². The van der Waals surface area contributed by atoms with E-state index in [-0.39, 0.29) is 6.04 Å². The molecule has 2 N–H and O–H groups in total. The normalized spacial score (nSPS) is 13.1. The maximum atomic E-state index is 5.56. The van der Waals surface area contributed by atoms with Crippen molar-refractivity contribution in [3.63, 3.8) is 0 Å². The molecule has 3 nitrogen and oxygen atoms in total. The zero-order chi connectivity index (χ0) is 7.56. The van der Waals surface area contributed by atoms with E-state index < -0.39 is 0 Å². The van der Waals surface area contributed by atoms with E-state index in [9.17, 15) is 0 Å². The predicted octanol–water partition coefficient (Wildman–Crippen LogP) is 0.805. The predicted molar refractivity (Wildman–Crippen MR) is 39.4 cm³/mol. The highest BCUT2D eigenvalue weighted by Crippen LogP contribution is 2.01. The molecule has 3 heteroatoms. The Hall–Kier alpha value is -0.960. The van der Waals surface area contributed by atoms with E-state index in [1.165, 1.54) is 0 Å². The van der Waals surface area contributed by atoms with Crippen LogP contribution in [0.3, 0.4) is 0 Å². The van der Waals surface area contributed by atoms with Crippen molar-refractivity contribution in [3.8, 4) is 0 Å². The molecule has 1 heterocycles. The van der Waals surface area contributed by atoms with Crippen molar-refractivity contribution in [2.45, 2.75) is 19.9 Å². The number of nitrogens with zero attached hydrogens (tertiary/aromatic N) is 2. The Balaban J connectivity index is 2.96. The quantitative estimate of drug-likeness (QED) is 0.623. The van der Waals surface area contributed by atoms with E-state index in [1.807, 2.05) is 19.9 Å². The van der Waals surface area contributed by atoms with Crippen LogP contribution in [-0.4, -0.2) is 9.97 Å². The maximum Gasteiger partial charge on any atom is 0.144 e. The Kier molecular flexibility index (Phi) is 1.97. The molecular weight excluding hydrogens is 126 g/mol. The molecule has 0 fully saturated rings. The van der Waals surface area contributed by atoms with Gasteiger partial charge in [-0.05, 0) is 19.9 Å². The van der Waals surface area contributed by atoms with Crippen molar-refractivity contribution in [2.75, 3.05) is 0 Å². The minimum atomic E-state index is -0.0695. The summed E-state index contributed by atoms with van der Waals surface area (Å²) in [5.41, 5.74) is 6.52. The van der Waals surface area contributed by atoms with Gasteiger partial charge >= 0.3 is 0 Å². The zero-order valence-electron chi connectivity index (χ0n) is 6.20. The Morgan fingerprint density at radius 3 is 2.70 bits per heavy atom. The summed E-state index contributed by atoms with van der Waals surface area (Å²) in [6, 6.07) is 1.78. The van der Waals surface area contributed by atoms with Crippen molar-refractivity contribution in [1.82, 2.24) is 9.97 Å². The summed E-state index contributed by atoms with van der Waals surface area (Å²) in [5, 5.41) is 0. The van der Waals surface area contributed by atoms with Gasteiger partial charge in [0.15, 0.2) is 0 Å². The highest BCUT2D eigenvalue weighted by atomic mass is 14.9. The van der Waals surface area contributed by atoms with E-state index in [1.54, 1.807) is 6.20 Å². The first kappa shape index (κ1) is 7.15. The molecule has 0 amide bonds. The third-order valence-electron chi connectivity index (χ3n) is 1.22. The summed E-state index contributed by atoms with van der Waals surface area (Å²) >= 11 is 0.